The van der Waals surface area contributed by atoms with E-state index in [0.717, 1.165) is 0 Å². The van der Waals surface area contributed by atoms with Gasteiger partial charge in [-0.25, -0.2) is 0 Å². The average Bonchev–Trinajstić information content (AvgIpc) is 1.86. The van der Waals surface area contributed by atoms with Crippen molar-refractivity contribution in [3.8, 4) is 0 Å². The van der Waals surface area contributed by atoms with Crippen LogP contribution in [0.3, 0.4) is 0 Å². The van der Waals surface area contributed by atoms with Gasteiger partial charge in [0.25, 0.3) is 0 Å². The minimum Gasteiger partial charge on any atom is -0.396 e. The molecule has 0 aromatic heterocycles. The second-order valence-corrected chi connectivity index (χ2v) is 4.40. The molecule has 0 heterocycles. The SMILES string of the molecule is CC(O)C(CO)C(O)C(C)(C)C. The number of aliphatic hydroxyl groups is 3. The smallest absolute Gasteiger partial charge is 0.0663 e. The lowest BCUT2D eigenvalue weighted by molar-refractivity contribution is -0.0582. The van der Waals surface area contributed by atoms with Crippen LogP contribution >= 0.6 is 0 Å². The topological polar surface area (TPSA) is 60.7 Å². The third kappa shape index (κ3) is 3.09. The van der Waals surface area contributed by atoms with Crippen molar-refractivity contribution >= 4 is 0 Å². The van der Waals surface area contributed by atoms with Crippen LogP contribution in [0.1, 0.15) is 27.7 Å². The van der Waals surface area contributed by atoms with Crippen molar-refractivity contribution in [2.45, 2.75) is 39.9 Å². The molecule has 0 amide bonds. The van der Waals surface area contributed by atoms with Crippen LogP contribution in [-0.2, 0) is 0 Å². The molecule has 3 unspecified atom stereocenters. The maximum atomic E-state index is 9.70. The molecular formula is C9H20O3. The Kier molecular flexibility index (Phi) is 4.17. The van der Waals surface area contributed by atoms with Gasteiger partial charge in [0, 0.05) is 5.92 Å². The zero-order valence-electron chi connectivity index (χ0n) is 8.28. The molecule has 0 aromatic carbocycles. The zero-order chi connectivity index (χ0) is 9.94. The standard InChI is InChI=1S/C9H20O3/c1-6(11)7(5-10)8(12)9(2,3)4/h6-8,10-12H,5H2,1-4H3. The van der Waals surface area contributed by atoms with Gasteiger partial charge in [0.1, 0.15) is 0 Å². The fraction of sp³-hybridized carbons (Fsp3) is 1.00. The largest absolute Gasteiger partial charge is 0.396 e. The predicted molar refractivity (Wildman–Crippen MR) is 47.7 cm³/mol. The van der Waals surface area contributed by atoms with E-state index in [-0.39, 0.29) is 12.0 Å². The molecular weight excluding hydrogens is 156 g/mol. The van der Waals surface area contributed by atoms with Crippen LogP contribution < -0.4 is 0 Å². The van der Waals surface area contributed by atoms with Crippen LogP contribution in [0.25, 0.3) is 0 Å². The molecule has 74 valence electrons. The quantitative estimate of drug-likeness (QED) is 0.582. The van der Waals surface area contributed by atoms with E-state index in [1.165, 1.54) is 0 Å². The summed E-state index contributed by atoms with van der Waals surface area (Å²) in [6.07, 6.45) is -1.35. The Labute approximate surface area is 74.0 Å². The van der Waals surface area contributed by atoms with Gasteiger partial charge >= 0.3 is 0 Å². The normalized spacial score (nSPS) is 20.2. The molecule has 0 saturated carbocycles. The highest BCUT2D eigenvalue weighted by Gasteiger charge is 2.32. The van der Waals surface area contributed by atoms with Crippen molar-refractivity contribution in [1.82, 2.24) is 0 Å². The monoisotopic (exact) mass is 176 g/mol. The minimum atomic E-state index is -0.678. The van der Waals surface area contributed by atoms with E-state index in [9.17, 15) is 10.2 Å². The summed E-state index contributed by atoms with van der Waals surface area (Å²) in [5, 5.41) is 27.8. The van der Waals surface area contributed by atoms with Crippen LogP contribution in [0.15, 0.2) is 0 Å². The molecule has 12 heavy (non-hydrogen) atoms. The summed E-state index contributed by atoms with van der Waals surface area (Å²) in [5.74, 6) is -0.454. The fourth-order valence-corrected chi connectivity index (χ4v) is 1.16. The highest BCUT2D eigenvalue weighted by molar-refractivity contribution is 4.82. The van der Waals surface area contributed by atoms with E-state index >= 15 is 0 Å². The first-order valence-electron chi connectivity index (χ1n) is 4.27. The van der Waals surface area contributed by atoms with E-state index < -0.39 is 18.1 Å². The van der Waals surface area contributed by atoms with Gasteiger partial charge < -0.3 is 15.3 Å². The van der Waals surface area contributed by atoms with Gasteiger partial charge in [0.05, 0.1) is 18.8 Å². The summed E-state index contributed by atoms with van der Waals surface area (Å²) in [6.45, 7) is 7.03. The van der Waals surface area contributed by atoms with Gasteiger partial charge in [-0.05, 0) is 12.3 Å². The molecule has 0 aliphatic carbocycles. The summed E-state index contributed by atoms with van der Waals surface area (Å²) >= 11 is 0. The Morgan fingerprint density at radius 2 is 1.58 bits per heavy atom. The maximum Gasteiger partial charge on any atom is 0.0663 e. The molecule has 3 atom stereocenters. The summed E-state index contributed by atoms with van der Waals surface area (Å²) in [7, 11) is 0. The molecule has 0 saturated heterocycles. The van der Waals surface area contributed by atoms with E-state index in [2.05, 4.69) is 0 Å². The lowest BCUT2D eigenvalue weighted by Crippen LogP contribution is -2.41. The Morgan fingerprint density at radius 1 is 1.17 bits per heavy atom. The summed E-state index contributed by atoms with van der Waals surface area (Å²) in [4.78, 5) is 0. The van der Waals surface area contributed by atoms with Crippen molar-refractivity contribution in [1.29, 1.82) is 0 Å². The number of hydrogen-bond donors (Lipinski definition) is 3. The van der Waals surface area contributed by atoms with Gasteiger partial charge in [0.15, 0.2) is 0 Å². The second-order valence-electron chi connectivity index (χ2n) is 4.40. The molecule has 0 aromatic rings. The Balaban J connectivity index is 4.32. The average molecular weight is 176 g/mol. The van der Waals surface area contributed by atoms with Crippen molar-refractivity contribution in [2.24, 2.45) is 11.3 Å². The third-order valence-corrected chi connectivity index (χ3v) is 2.12. The van der Waals surface area contributed by atoms with Crippen molar-refractivity contribution in [3.63, 3.8) is 0 Å². The summed E-state index contributed by atoms with van der Waals surface area (Å²) < 4.78 is 0. The Hall–Kier alpha value is -0.120. The van der Waals surface area contributed by atoms with Crippen LogP contribution in [0.5, 0.6) is 0 Å². The first kappa shape index (κ1) is 11.9. The molecule has 0 fully saturated rings. The van der Waals surface area contributed by atoms with Gasteiger partial charge in [-0.15, -0.1) is 0 Å². The van der Waals surface area contributed by atoms with Crippen LogP contribution in [0.4, 0.5) is 0 Å². The molecule has 0 spiro atoms. The second kappa shape index (κ2) is 4.21. The van der Waals surface area contributed by atoms with Crippen LogP contribution in [-0.4, -0.2) is 34.1 Å². The van der Waals surface area contributed by atoms with Gasteiger partial charge in [-0.2, -0.15) is 0 Å². The molecule has 0 bridgehead atoms. The summed E-state index contributed by atoms with van der Waals surface area (Å²) in [6, 6.07) is 0. The van der Waals surface area contributed by atoms with E-state index in [0.29, 0.717) is 0 Å². The molecule has 0 aliphatic heterocycles. The Bertz CT molecular complexity index is 126. The van der Waals surface area contributed by atoms with E-state index in [1.807, 2.05) is 20.8 Å². The first-order valence-corrected chi connectivity index (χ1v) is 4.27. The molecule has 3 nitrogen and oxygen atoms in total. The van der Waals surface area contributed by atoms with Crippen LogP contribution in [0.2, 0.25) is 0 Å². The first-order chi connectivity index (χ1) is 5.30. The van der Waals surface area contributed by atoms with Gasteiger partial charge in [-0.3, -0.25) is 0 Å². The van der Waals surface area contributed by atoms with E-state index in [1.54, 1.807) is 6.92 Å². The predicted octanol–water partition coefficient (Wildman–Crippen LogP) is 0.383. The van der Waals surface area contributed by atoms with Gasteiger partial charge in [-0.1, -0.05) is 20.8 Å². The Morgan fingerprint density at radius 3 is 1.67 bits per heavy atom. The molecule has 0 rings (SSSR count). The molecule has 3 N–H and O–H groups in total. The van der Waals surface area contributed by atoms with Crippen molar-refractivity contribution in [2.75, 3.05) is 6.61 Å². The number of hydrogen-bond acceptors (Lipinski definition) is 3. The highest BCUT2D eigenvalue weighted by Crippen LogP contribution is 2.26. The third-order valence-electron chi connectivity index (χ3n) is 2.12. The lowest BCUT2D eigenvalue weighted by atomic mass is 9.79. The molecule has 0 radical (unpaired) electrons. The molecule has 3 heteroatoms. The molecule has 0 aliphatic rings. The summed E-state index contributed by atoms with van der Waals surface area (Å²) in [5.41, 5.74) is -0.301. The van der Waals surface area contributed by atoms with Crippen molar-refractivity contribution in [3.05, 3.63) is 0 Å². The minimum absolute atomic E-state index is 0.184. The number of rotatable bonds is 3. The van der Waals surface area contributed by atoms with Crippen LogP contribution in [0, 0.1) is 11.3 Å². The lowest BCUT2D eigenvalue weighted by Gasteiger charge is -2.33. The highest BCUT2D eigenvalue weighted by atomic mass is 16.3. The fourth-order valence-electron chi connectivity index (χ4n) is 1.16. The van der Waals surface area contributed by atoms with E-state index in [4.69, 9.17) is 5.11 Å². The zero-order valence-corrected chi connectivity index (χ0v) is 8.28. The maximum absolute atomic E-state index is 9.70. The number of aliphatic hydroxyl groups excluding tert-OH is 3. The van der Waals surface area contributed by atoms with Crippen molar-refractivity contribution < 1.29 is 15.3 Å². The van der Waals surface area contributed by atoms with Gasteiger partial charge in [0.2, 0.25) is 0 Å².